The molecule has 1 saturated carbocycles. The zero-order valence-electron chi connectivity index (χ0n) is 9.17. The first-order chi connectivity index (χ1) is 7.83. The van der Waals surface area contributed by atoms with Gasteiger partial charge in [0.2, 0.25) is 0 Å². The van der Waals surface area contributed by atoms with E-state index in [9.17, 15) is 18.3 Å². The SMILES string of the molecule is NCC1(c2ccccc2)CC(O)(C(F)(F)F)C1. The molecule has 1 fully saturated rings. The quantitative estimate of drug-likeness (QED) is 0.836. The van der Waals surface area contributed by atoms with Crippen LogP contribution in [0.25, 0.3) is 0 Å². The molecule has 0 saturated heterocycles. The Morgan fingerprint density at radius 1 is 1.18 bits per heavy atom. The number of alkyl halides is 3. The number of benzene rings is 1. The van der Waals surface area contributed by atoms with Gasteiger partial charge in [-0.1, -0.05) is 30.3 Å². The van der Waals surface area contributed by atoms with Crippen LogP contribution in [0.2, 0.25) is 0 Å². The van der Waals surface area contributed by atoms with Crippen LogP contribution in [0.1, 0.15) is 18.4 Å². The van der Waals surface area contributed by atoms with Crippen LogP contribution in [0.15, 0.2) is 30.3 Å². The van der Waals surface area contributed by atoms with Crippen molar-refractivity contribution in [1.29, 1.82) is 0 Å². The lowest BCUT2D eigenvalue weighted by atomic mass is 9.55. The van der Waals surface area contributed by atoms with E-state index in [0.717, 1.165) is 5.56 Å². The Morgan fingerprint density at radius 3 is 2.12 bits per heavy atom. The fraction of sp³-hybridized carbons (Fsp3) is 0.500. The molecule has 1 aliphatic rings. The molecule has 0 bridgehead atoms. The molecular formula is C12H14F3NO. The predicted octanol–water partition coefficient (Wildman–Crippen LogP) is 1.97. The molecule has 1 aliphatic carbocycles. The van der Waals surface area contributed by atoms with Crippen LogP contribution in [-0.2, 0) is 5.41 Å². The molecule has 0 radical (unpaired) electrons. The van der Waals surface area contributed by atoms with Crippen LogP contribution in [-0.4, -0.2) is 23.4 Å². The Labute approximate surface area is 97.2 Å². The molecule has 0 aliphatic heterocycles. The minimum absolute atomic E-state index is 0.107. The third-order valence-electron chi connectivity index (χ3n) is 3.57. The van der Waals surface area contributed by atoms with E-state index < -0.39 is 17.2 Å². The van der Waals surface area contributed by atoms with Crippen molar-refractivity contribution < 1.29 is 18.3 Å². The maximum Gasteiger partial charge on any atom is 0.417 e. The molecule has 0 aromatic heterocycles. The first kappa shape index (κ1) is 12.4. The van der Waals surface area contributed by atoms with Crippen molar-refractivity contribution in [1.82, 2.24) is 0 Å². The molecule has 5 heteroatoms. The van der Waals surface area contributed by atoms with Crippen molar-refractivity contribution in [3.8, 4) is 0 Å². The summed E-state index contributed by atoms with van der Waals surface area (Å²) in [6, 6.07) is 8.82. The van der Waals surface area contributed by atoms with E-state index in [1.807, 2.05) is 0 Å². The molecule has 1 aromatic carbocycles. The fourth-order valence-electron chi connectivity index (χ4n) is 2.53. The molecule has 0 heterocycles. The molecule has 2 rings (SSSR count). The van der Waals surface area contributed by atoms with Gasteiger partial charge in [-0.25, -0.2) is 0 Å². The minimum Gasteiger partial charge on any atom is -0.380 e. The average molecular weight is 245 g/mol. The Kier molecular flexibility index (Phi) is 2.71. The van der Waals surface area contributed by atoms with Crippen molar-refractivity contribution in [3.05, 3.63) is 35.9 Å². The van der Waals surface area contributed by atoms with Crippen LogP contribution in [0, 0.1) is 0 Å². The highest BCUT2D eigenvalue weighted by Crippen LogP contribution is 2.56. The van der Waals surface area contributed by atoms with E-state index in [4.69, 9.17) is 5.73 Å². The topological polar surface area (TPSA) is 46.2 Å². The second kappa shape index (κ2) is 3.71. The summed E-state index contributed by atoms with van der Waals surface area (Å²) in [6.07, 6.45) is -5.30. The second-order valence-corrected chi connectivity index (χ2v) is 4.73. The van der Waals surface area contributed by atoms with Gasteiger partial charge in [0.1, 0.15) is 0 Å². The van der Waals surface area contributed by atoms with Gasteiger partial charge in [-0.2, -0.15) is 13.2 Å². The lowest BCUT2D eigenvalue weighted by Gasteiger charge is -2.53. The van der Waals surface area contributed by atoms with Crippen LogP contribution in [0.4, 0.5) is 13.2 Å². The van der Waals surface area contributed by atoms with E-state index in [1.165, 1.54) is 0 Å². The Hall–Kier alpha value is -1.07. The summed E-state index contributed by atoms with van der Waals surface area (Å²) in [5.41, 5.74) is 3.02. The average Bonchev–Trinajstić information content (AvgIpc) is 2.24. The summed E-state index contributed by atoms with van der Waals surface area (Å²) < 4.78 is 37.8. The molecule has 1 aromatic rings. The van der Waals surface area contributed by atoms with Crippen molar-refractivity contribution in [2.45, 2.75) is 30.0 Å². The van der Waals surface area contributed by atoms with Crippen molar-refractivity contribution in [2.24, 2.45) is 5.73 Å². The molecule has 0 spiro atoms. The zero-order chi connectivity index (χ0) is 12.7. The molecule has 0 atom stereocenters. The van der Waals surface area contributed by atoms with Gasteiger partial charge >= 0.3 is 6.18 Å². The van der Waals surface area contributed by atoms with E-state index in [-0.39, 0.29) is 19.4 Å². The van der Waals surface area contributed by atoms with Gasteiger partial charge in [0.15, 0.2) is 5.60 Å². The van der Waals surface area contributed by atoms with E-state index >= 15 is 0 Å². The van der Waals surface area contributed by atoms with Gasteiger partial charge in [0.05, 0.1) is 0 Å². The van der Waals surface area contributed by atoms with Crippen LogP contribution in [0.5, 0.6) is 0 Å². The fourth-order valence-corrected chi connectivity index (χ4v) is 2.53. The van der Waals surface area contributed by atoms with Crippen molar-refractivity contribution in [2.75, 3.05) is 6.54 Å². The standard InChI is InChI=1S/C12H14F3NO/c13-12(14,15)11(17)6-10(7-11,8-16)9-4-2-1-3-5-9/h1-5,17H,6-8,16H2. The monoisotopic (exact) mass is 245 g/mol. The van der Waals surface area contributed by atoms with Crippen LogP contribution < -0.4 is 5.73 Å². The van der Waals surface area contributed by atoms with Crippen molar-refractivity contribution in [3.63, 3.8) is 0 Å². The summed E-state index contributed by atoms with van der Waals surface area (Å²) in [4.78, 5) is 0. The summed E-state index contributed by atoms with van der Waals surface area (Å²) >= 11 is 0. The number of halogens is 3. The highest BCUT2D eigenvalue weighted by molar-refractivity contribution is 5.32. The van der Waals surface area contributed by atoms with Gasteiger partial charge in [-0.3, -0.25) is 0 Å². The van der Waals surface area contributed by atoms with Gasteiger partial charge < -0.3 is 10.8 Å². The van der Waals surface area contributed by atoms with E-state index in [1.54, 1.807) is 30.3 Å². The molecule has 0 unspecified atom stereocenters. The minimum atomic E-state index is -4.58. The Balaban J connectivity index is 2.24. The van der Waals surface area contributed by atoms with Gasteiger partial charge in [0.25, 0.3) is 0 Å². The van der Waals surface area contributed by atoms with E-state index in [0.29, 0.717) is 0 Å². The smallest absolute Gasteiger partial charge is 0.380 e. The number of hydrogen-bond acceptors (Lipinski definition) is 2. The normalized spacial score (nSPS) is 33.2. The first-order valence-corrected chi connectivity index (χ1v) is 5.38. The zero-order valence-corrected chi connectivity index (χ0v) is 9.17. The summed E-state index contributed by atoms with van der Waals surface area (Å²) in [6.45, 7) is 0.107. The highest BCUT2D eigenvalue weighted by Gasteiger charge is 2.66. The maximum absolute atomic E-state index is 12.6. The second-order valence-electron chi connectivity index (χ2n) is 4.73. The predicted molar refractivity (Wildman–Crippen MR) is 57.4 cm³/mol. The third kappa shape index (κ3) is 1.83. The summed E-state index contributed by atoms with van der Waals surface area (Å²) in [7, 11) is 0. The summed E-state index contributed by atoms with van der Waals surface area (Å²) in [5.74, 6) is 0. The lowest BCUT2D eigenvalue weighted by molar-refractivity contribution is -0.303. The molecule has 17 heavy (non-hydrogen) atoms. The molecular weight excluding hydrogens is 231 g/mol. The van der Waals surface area contributed by atoms with Crippen LogP contribution in [0.3, 0.4) is 0 Å². The largest absolute Gasteiger partial charge is 0.417 e. The van der Waals surface area contributed by atoms with Crippen molar-refractivity contribution >= 4 is 0 Å². The first-order valence-electron chi connectivity index (χ1n) is 5.38. The lowest BCUT2D eigenvalue weighted by Crippen LogP contribution is -2.64. The third-order valence-corrected chi connectivity index (χ3v) is 3.57. The van der Waals surface area contributed by atoms with Gasteiger partial charge in [0, 0.05) is 12.0 Å². The number of nitrogens with two attached hydrogens (primary N) is 1. The van der Waals surface area contributed by atoms with Gasteiger partial charge in [-0.05, 0) is 18.4 Å². The molecule has 0 amide bonds. The maximum atomic E-state index is 12.6. The van der Waals surface area contributed by atoms with E-state index in [2.05, 4.69) is 0 Å². The summed E-state index contributed by atoms with van der Waals surface area (Å²) in [5, 5.41) is 9.49. The van der Waals surface area contributed by atoms with Crippen LogP contribution >= 0.6 is 0 Å². The highest BCUT2D eigenvalue weighted by atomic mass is 19.4. The number of hydrogen-bond donors (Lipinski definition) is 2. The number of aliphatic hydroxyl groups is 1. The number of rotatable bonds is 2. The molecule has 94 valence electrons. The Bertz CT molecular complexity index is 396. The Morgan fingerprint density at radius 2 is 1.71 bits per heavy atom. The molecule has 3 N–H and O–H groups in total. The molecule has 2 nitrogen and oxygen atoms in total. The van der Waals surface area contributed by atoms with Gasteiger partial charge in [-0.15, -0.1) is 0 Å².